The third-order valence-electron chi connectivity index (χ3n) is 4.15. The van der Waals surface area contributed by atoms with E-state index in [2.05, 4.69) is 65.3 Å². The summed E-state index contributed by atoms with van der Waals surface area (Å²) in [7, 11) is 0. The number of nitrogens with one attached hydrogen (secondary N) is 2. The number of rotatable bonds is 11. The summed E-state index contributed by atoms with van der Waals surface area (Å²) in [6, 6.07) is 0.391. The second kappa shape index (κ2) is 14.3. The van der Waals surface area contributed by atoms with Crippen molar-refractivity contribution in [3.63, 3.8) is 0 Å². The first-order valence-corrected chi connectivity index (χ1v) is 9.28. The molecule has 0 fully saturated rings. The van der Waals surface area contributed by atoms with Gasteiger partial charge in [0.15, 0.2) is 11.8 Å². The maximum Gasteiger partial charge on any atom is 0.191 e. The molecule has 1 aromatic rings. The number of hydrogen-bond donors (Lipinski definition) is 2. The quantitative estimate of drug-likeness (QED) is 0.299. The number of aryl methyl sites for hydroxylation is 1. The number of nitrogens with zero attached hydrogens (tertiary/aromatic N) is 5. The molecule has 146 valence electrons. The van der Waals surface area contributed by atoms with Crippen molar-refractivity contribution in [3.8, 4) is 0 Å². The van der Waals surface area contributed by atoms with Crippen LogP contribution in [0.4, 0.5) is 0 Å². The second-order valence-corrected chi connectivity index (χ2v) is 5.94. The van der Waals surface area contributed by atoms with Crippen LogP contribution in [0.15, 0.2) is 11.3 Å². The Morgan fingerprint density at radius 1 is 1.28 bits per heavy atom. The average molecular weight is 465 g/mol. The van der Waals surface area contributed by atoms with E-state index >= 15 is 0 Å². The predicted molar refractivity (Wildman–Crippen MR) is 116 cm³/mol. The fraction of sp³-hybridized carbons (Fsp3) is 0.824. The van der Waals surface area contributed by atoms with Gasteiger partial charge in [0.2, 0.25) is 0 Å². The lowest BCUT2D eigenvalue weighted by molar-refractivity contribution is 0.292. The molecule has 0 saturated carbocycles. The van der Waals surface area contributed by atoms with Gasteiger partial charge in [-0.25, -0.2) is 4.99 Å². The third-order valence-corrected chi connectivity index (χ3v) is 4.15. The molecule has 0 bridgehead atoms. The zero-order valence-corrected chi connectivity index (χ0v) is 18.8. The van der Waals surface area contributed by atoms with Gasteiger partial charge in [0.25, 0.3) is 0 Å². The molecule has 2 N–H and O–H groups in total. The smallest absolute Gasteiger partial charge is 0.191 e. The topological polar surface area (TPSA) is 70.4 Å². The minimum absolute atomic E-state index is 0. The molecule has 0 spiro atoms. The largest absolute Gasteiger partial charge is 0.357 e. The van der Waals surface area contributed by atoms with Gasteiger partial charge in [0.1, 0.15) is 12.9 Å². The van der Waals surface area contributed by atoms with Gasteiger partial charge < -0.3 is 20.1 Å². The minimum atomic E-state index is 0. The first kappa shape index (κ1) is 24.1. The molecule has 0 saturated heterocycles. The summed E-state index contributed by atoms with van der Waals surface area (Å²) < 4.78 is 2.01. The SMILES string of the molecule is CCNC(=NCc1nncn1CC)NC(C)CCCN(CC)CC.I. The van der Waals surface area contributed by atoms with Gasteiger partial charge in [-0.1, -0.05) is 13.8 Å². The Labute approximate surface area is 170 Å². The van der Waals surface area contributed by atoms with Crippen LogP contribution < -0.4 is 10.6 Å². The van der Waals surface area contributed by atoms with Crippen LogP contribution in [0.1, 0.15) is 53.3 Å². The summed E-state index contributed by atoms with van der Waals surface area (Å²) in [5.74, 6) is 1.74. The maximum atomic E-state index is 4.64. The highest BCUT2D eigenvalue weighted by Gasteiger charge is 2.08. The van der Waals surface area contributed by atoms with E-state index in [0.29, 0.717) is 12.6 Å². The number of aliphatic imine (C=N–C) groups is 1. The second-order valence-electron chi connectivity index (χ2n) is 5.94. The van der Waals surface area contributed by atoms with Crippen LogP contribution in [-0.2, 0) is 13.1 Å². The summed E-state index contributed by atoms with van der Waals surface area (Å²) in [6.45, 7) is 16.5. The molecule has 25 heavy (non-hydrogen) atoms. The van der Waals surface area contributed by atoms with Crippen LogP contribution in [0.5, 0.6) is 0 Å². The summed E-state index contributed by atoms with van der Waals surface area (Å²) in [6.07, 6.45) is 4.08. The van der Waals surface area contributed by atoms with E-state index in [9.17, 15) is 0 Å². The number of guanidine groups is 1. The van der Waals surface area contributed by atoms with Crippen LogP contribution in [-0.4, -0.2) is 57.8 Å². The van der Waals surface area contributed by atoms with E-state index in [1.165, 1.54) is 6.42 Å². The van der Waals surface area contributed by atoms with Crippen molar-refractivity contribution in [2.24, 2.45) is 4.99 Å². The minimum Gasteiger partial charge on any atom is -0.357 e. The van der Waals surface area contributed by atoms with Crippen molar-refractivity contribution in [2.45, 2.75) is 66.6 Å². The molecule has 0 aliphatic heterocycles. The molecule has 0 amide bonds. The van der Waals surface area contributed by atoms with Gasteiger partial charge in [-0.3, -0.25) is 0 Å². The Balaban J connectivity index is 0.00000576. The summed E-state index contributed by atoms with van der Waals surface area (Å²) in [4.78, 5) is 7.10. The molecule has 1 unspecified atom stereocenters. The van der Waals surface area contributed by atoms with E-state index in [1.807, 2.05) is 4.57 Å². The van der Waals surface area contributed by atoms with E-state index in [4.69, 9.17) is 0 Å². The zero-order chi connectivity index (χ0) is 17.8. The van der Waals surface area contributed by atoms with Crippen LogP contribution in [0.25, 0.3) is 0 Å². The van der Waals surface area contributed by atoms with Crippen LogP contribution in [0.3, 0.4) is 0 Å². The first-order valence-electron chi connectivity index (χ1n) is 9.28. The van der Waals surface area contributed by atoms with Gasteiger partial charge in [0.05, 0.1) is 0 Å². The van der Waals surface area contributed by atoms with Gasteiger partial charge >= 0.3 is 0 Å². The van der Waals surface area contributed by atoms with Crippen molar-refractivity contribution in [3.05, 3.63) is 12.2 Å². The molecule has 8 heteroatoms. The summed E-state index contributed by atoms with van der Waals surface area (Å²) >= 11 is 0. The molecule has 1 atom stereocenters. The lowest BCUT2D eigenvalue weighted by Crippen LogP contribution is -2.42. The van der Waals surface area contributed by atoms with E-state index in [0.717, 1.165) is 50.9 Å². The third kappa shape index (κ3) is 9.39. The predicted octanol–water partition coefficient (Wildman–Crippen LogP) is 2.48. The van der Waals surface area contributed by atoms with Crippen molar-refractivity contribution < 1.29 is 0 Å². The lowest BCUT2D eigenvalue weighted by atomic mass is 10.2. The summed E-state index contributed by atoms with van der Waals surface area (Å²) in [5, 5.41) is 14.9. The first-order chi connectivity index (χ1) is 11.6. The normalized spacial score (nSPS) is 12.8. The average Bonchev–Trinajstić information content (AvgIpc) is 3.04. The van der Waals surface area contributed by atoms with Crippen LogP contribution in [0, 0.1) is 0 Å². The van der Waals surface area contributed by atoms with Crippen LogP contribution in [0.2, 0.25) is 0 Å². The summed E-state index contributed by atoms with van der Waals surface area (Å²) in [5.41, 5.74) is 0. The molecular weight excluding hydrogens is 429 g/mol. The standard InChI is InChI=1S/C17H35N7.HI/c1-6-18-17(19-13-16-22-20-14-24(16)9-4)21-15(5)11-10-12-23(7-2)8-3;/h14-15H,6-13H2,1-5H3,(H2,18,19,21);1H. The molecule has 1 rings (SSSR count). The molecule has 0 radical (unpaired) electrons. The number of aromatic nitrogens is 3. The lowest BCUT2D eigenvalue weighted by Gasteiger charge is -2.21. The Bertz CT molecular complexity index is 471. The van der Waals surface area contributed by atoms with Gasteiger partial charge in [-0.15, -0.1) is 34.2 Å². The molecule has 0 aliphatic carbocycles. The van der Waals surface area contributed by atoms with E-state index in [1.54, 1.807) is 6.33 Å². The number of halogens is 1. The Morgan fingerprint density at radius 3 is 2.60 bits per heavy atom. The highest BCUT2D eigenvalue weighted by Crippen LogP contribution is 2.01. The molecule has 7 nitrogen and oxygen atoms in total. The Morgan fingerprint density at radius 2 is 2.00 bits per heavy atom. The van der Waals surface area contributed by atoms with Crippen LogP contribution >= 0.6 is 24.0 Å². The molecule has 1 aromatic heterocycles. The van der Waals surface area contributed by atoms with E-state index in [-0.39, 0.29) is 24.0 Å². The molecule has 0 aliphatic rings. The van der Waals surface area contributed by atoms with Crippen molar-refractivity contribution in [1.29, 1.82) is 0 Å². The van der Waals surface area contributed by atoms with Crippen molar-refractivity contribution >= 4 is 29.9 Å². The van der Waals surface area contributed by atoms with Crippen molar-refractivity contribution in [1.82, 2.24) is 30.3 Å². The maximum absolute atomic E-state index is 4.64. The van der Waals surface area contributed by atoms with Gasteiger partial charge in [0, 0.05) is 19.1 Å². The fourth-order valence-electron chi connectivity index (χ4n) is 2.60. The van der Waals surface area contributed by atoms with E-state index < -0.39 is 0 Å². The zero-order valence-electron chi connectivity index (χ0n) is 16.5. The highest BCUT2D eigenvalue weighted by molar-refractivity contribution is 14.0. The van der Waals surface area contributed by atoms with Gasteiger partial charge in [-0.05, 0) is 53.2 Å². The van der Waals surface area contributed by atoms with Crippen molar-refractivity contribution in [2.75, 3.05) is 26.2 Å². The molecular formula is C17H36IN7. The Hall–Kier alpha value is -0.900. The fourth-order valence-corrected chi connectivity index (χ4v) is 2.60. The van der Waals surface area contributed by atoms with Gasteiger partial charge in [-0.2, -0.15) is 0 Å². The highest BCUT2D eigenvalue weighted by atomic mass is 127. The monoisotopic (exact) mass is 465 g/mol. The Kier molecular flexibility index (Phi) is 13.8. The number of hydrogen-bond acceptors (Lipinski definition) is 4. The molecule has 0 aromatic carbocycles. The molecule has 1 heterocycles.